The molecule has 0 aromatic heterocycles. The second kappa shape index (κ2) is 4.60. The molecule has 0 radical (unpaired) electrons. The van der Waals surface area contributed by atoms with Crippen molar-refractivity contribution in [3.63, 3.8) is 0 Å². The smallest absolute Gasteiger partial charge is 0.229 e. The Morgan fingerprint density at radius 3 is 2.33 bits per heavy atom. The minimum atomic E-state index is -3.79. The molecule has 5 nitrogen and oxygen atoms in total. The summed E-state index contributed by atoms with van der Waals surface area (Å²) in [7, 11) is -6.94. The third kappa shape index (κ3) is 3.06. The predicted octanol–water partition coefficient (Wildman–Crippen LogP) is 0.291. The number of hydrogen-bond acceptors (Lipinski definition) is 4. The highest BCUT2D eigenvalue weighted by atomic mass is 32.2. The van der Waals surface area contributed by atoms with Crippen LogP contribution in [-0.4, -0.2) is 34.4 Å². The Bertz CT molecular complexity index is 637. The SMILES string of the molecule is O=S1(=O)CCC(NS(=O)(=O)c2ccc(F)cc2)C1. The Balaban J connectivity index is 2.16. The summed E-state index contributed by atoms with van der Waals surface area (Å²) in [4.78, 5) is -0.0757. The Kier molecular flexibility index (Phi) is 3.43. The van der Waals surface area contributed by atoms with E-state index in [9.17, 15) is 21.2 Å². The third-order valence-corrected chi connectivity index (χ3v) is 5.98. The number of halogens is 1. The molecule has 1 N–H and O–H groups in total. The van der Waals surface area contributed by atoms with Gasteiger partial charge in [-0.15, -0.1) is 0 Å². The Labute approximate surface area is 105 Å². The number of sulfonamides is 1. The van der Waals surface area contributed by atoms with Gasteiger partial charge in [-0.25, -0.2) is 25.9 Å². The average molecular weight is 293 g/mol. The zero-order valence-electron chi connectivity index (χ0n) is 9.34. The molecule has 0 spiro atoms. The molecular formula is C10H12FNO4S2. The van der Waals surface area contributed by atoms with Crippen LogP contribution in [-0.2, 0) is 19.9 Å². The Morgan fingerprint density at radius 1 is 1.22 bits per heavy atom. The van der Waals surface area contributed by atoms with Crippen molar-refractivity contribution in [3.05, 3.63) is 30.1 Å². The molecule has 8 heteroatoms. The van der Waals surface area contributed by atoms with Crippen LogP contribution >= 0.6 is 0 Å². The molecule has 1 heterocycles. The fourth-order valence-corrected chi connectivity index (χ4v) is 4.84. The Morgan fingerprint density at radius 2 is 1.83 bits per heavy atom. The molecule has 0 bridgehead atoms. The van der Waals surface area contributed by atoms with Gasteiger partial charge in [0.05, 0.1) is 16.4 Å². The second-order valence-electron chi connectivity index (χ2n) is 4.18. The zero-order chi connectivity index (χ0) is 13.4. The molecule has 0 amide bonds. The van der Waals surface area contributed by atoms with Crippen LogP contribution in [0.5, 0.6) is 0 Å². The van der Waals surface area contributed by atoms with Gasteiger partial charge >= 0.3 is 0 Å². The molecule has 0 aliphatic carbocycles. The predicted molar refractivity (Wildman–Crippen MR) is 63.8 cm³/mol. The summed E-state index contributed by atoms with van der Waals surface area (Å²) in [6.45, 7) is 0. The first-order chi connectivity index (χ1) is 8.28. The molecule has 1 aromatic carbocycles. The van der Waals surface area contributed by atoms with Crippen LogP contribution in [0.2, 0.25) is 0 Å². The minimum absolute atomic E-state index is 0.0103. The van der Waals surface area contributed by atoms with Gasteiger partial charge in [-0.1, -0.05) is 0 Å². The molecule has 1 aromatic rings. The molecule has 0 saturated carbocycles. The topological polar surface area (TPSA) is 80.3 Å². The summed E-state index contributed by atoms with van der Waals surface area (Å²) in [5.74, 6) is -0.728. The van der Waals surface area contributed by atoms with Crippen LogP contribution in [0.4, 0.5) is 4.39 Å². The van der Waals surface area contributed by atoms with Crippen LogP contribution in [0.1, 0.15) is 6.42 Å². The molecule has 1 aliphatic rings. The summed E-state index contributed by atoms with van der Waals surface area (Å²) < 4.78 is 61.2. The fourth-order valence-electron chi connectivity index (χ4n) is 1.79. The van der Waals surface area contributed by atoms with E-state index in [4.69, 9.17) is 0 Å². The van der Waals surface area contributed by atoms with Crippen LogP contribution in [0, 0.1) is 5.82 Å². The average Bonchev–Trinajstić information content (AvgIpc) is 2.57. The summed E-state index contributed by atoms with van der Waals surface area (Å²) in [5, 5.41) is 0. The van der Waals surface area contributed by atoms with E-state index in [1.807, 2.05) is 0 Å². The van der Waals surface area contributed by atoms with Crippen LogP contribution in [0.25, 0.3) is 0 Å². The molecular weight excluding hydrogens is 281 g/mol. The molecule has 100 valence electrons. The van der Waals surface area contributed by atoms with Crippen LogP contribution in [0.3, 0.4) is 0 Å². The first kappa shape index (κ1) is 13.4. The van der Waals surface area contributed by atoms with E-state index in [0.29, 0.717) is 0 Å². The molecule has 1 unspecified atom stereocenters. The maximum Gasteiger partial charge on any atom is 0.240 e. The first-order valence-electron chi connectivity index (χ1n) is 5.27. The lowest BCUT2D eigenvalue weighted by atomic mass is 10.3. The van der Waals surface area contributed by atoms with E-state index in [1.54, 1.807) is 0 Å². The minimum Gasteiger partial charge on any atom is -0.229 e. The lowest BCUT2D eigenvalue weighted by Crippen LogP contribution is -2.35. The highest BCUT2D eigenvalue weighted by molar-refractivity contribution is 7.92. The number of benzene rings is 1. The van der Waals surface area contributed by atoms with Crippen molar-refractivity contribution >= 4 is 19.9 Å². The van der Waals surface area contributed by atoms with Crippen molar-refractivity contribution in [1.29, 1.82) is 0 Å². The van der Waals surface area contributed by atoms with Gasteiger partial charge in [0.1, 0.15) is 5.82 Å². The Hall–Kier alpha value is -0.990. The number of hydrogen-bond donors (Lipinski definition) is 1. The number of rotatable bonds is 3. The lowest BCUT2D eigenvalue weighted by molar-refractivity contribution is 0.562. The molecule has 1 fully saturated rings. The van der Waals surface area contributed by atoms with Crippen molar-refractivity contribution < 1.29 is 21.2 Å². The molecule has 1 atom stereocenters. The van der Waals surface area contributed by atoms with Gasteiger partial charge in [0, 0.05) is 6.04 Å². The normalized spacial score (nSPS) is 23.1. The van der Waals surface area contributed by atoms with Crippen molar-refractivity contribution in [1.82, 2.24) is 4.72 Å². The van der Waals surface area contributed by atoms with Crippen molar-refractivity contribution in [2.24, 2.45) is 0 Å². The third-order valence-electron chi connectivity index (χ3n) is 2.68. The molecule has 1 saturated heterocycles. The van der Waals surface area contributed by atoms with Gasteiger partial charge < -0.3 is 0 Å². The summed E-state index contributed by atoms with van der Waals surface area (Å²) in [5.41, 5.74) is 0. The zero-order valence-corrected chi connectivity index (χ0v) is 11.0. The van der Waals surface area contributed by atoms with Gasteiger partial charge in [-0.3, -0.25) is 0 Å². The van der Waals surface area contributed by atoms with Crippen LogP contribution < -0.4 is 4.72 Å². The van der Waals surface area contributed by atoms with Gasteiger partial charge in [0.25, 0.3) is 0 Å². The molecule has 2 rings (SSSR count). The van der Waals surface area contributed by atoms with Crippen LogP contribution in [0.15, 0.2) is 29.2 Å². The van der Waals surface area contributed by atoms with Gasteiger partial charge in [0.15, 0.2) is 9.84 Å². The molecule has 18 heavy (non-hydrogen) atoms. The first-order valence-corrected chi connectivity index (χ1v) is 8.57. The van der Waals surface area contributed by atoms with E-state index < -0.39 is 31.7 Å². The van der Waals surface area contributed by atoms with E-state index >= 15 is 0 Å². The number of sulfone groups is 1. The van der Waals surface area contributed by atoms with Crippen molar-refractivity contribution in [2.45, 2.75) is 17.4 Å². The van der Waals surface area contributed by atoms with Gasteiger partial charge in [-0.05, 0) is 30.7 Å². The standard InChI is InChI=1S/C10H12FNO4S2/c11-8-1-3-10(4-2-8)18(15,16)12-9-5-6-17(13,14)7-9/h1-4,9,12H,5-7H2. The number of nitrogens with one attached hydrogen (secondary N) is 1. The van der Waals surface area contributed by atoms with Gasteiger partial charge in [-0.2, -0.15) is 0 Å². The maximum atomic E-state index is 12.7. The van der Waals surface area contributed by atoms with E-state index in [2.05, 4.69) is 4.72 Å². The fraction of sp³-hybridized carbons (Fsp3) is 0.400. The van der Waals surface area contributed by atoms with E-state index in [1.165, 1.54) is 0 Å². The van der Waals surface area contributed by atoms with E-state index in [-0.39, 0.29) is 22.8 Å². The molecule has 1 aliphatic heterocycles. The van der Waals surface area contributed by atoms with Gasteiger partial charge in [0.2, 0.25) is 10.0 Å². The lowest BCUT2D eigenvalue weighted by Gasteiger charge is -2.11. The highest BCUT2D eigenvalue weighted by Gasteiger charge is 2.31. The second-order valence-corrected chi connectivity index (χ2v) is 8.12. The van der Waals surface area contributed by atoms with E-state index in [0.717, 1.165) is 24.3 Å². The summed E-state index contributed by atoms with van der Waals surface area (Å²) in [6, 6.07) is 3.76. The van der Waals surface area contributed by atoms with Crippen molar-refractivity contribution in [2.75, 3.05) is 11.5 Å². The monoisotopic (exact) mass is 293 g/mol. The largest absolute Gasteiger partial charge is 0.240 e. The quantitative estimate of drug-likeness (QED) is 0.868. The maximum absolute atomic E-state index is 12.7. The summed E-state index contributed by atoms with van der Waals surface area (Å²) >= 11 is 0. The van der Waals surface area contributed by atoms with Crippen molar-refractivity contribution in [3.8, 4) is 0 Å². The summed E-state index contributed by atoms with van der Waals surface area (Å²) in [6.07, 6.45) is 0.267. The highest BCUT2D eigenvalue weighted by Crippen LogP contribution is 2.16.